The van der Waals surface area contributed by atoms with Crippen molar-refractivity contribution in [2.24, 2.45) is 0 Å². The zero-order valence-corrected chi connectivity index (χ0v) is 12.7. The number of nitrogens with one attached hydrogen (secondary N) is 1. The Kier molecular flexibility index (Phi) is 4.06. The largest absolute Gasteiger partial charge is 0.490 e. The number of rotatable bonds is 1. The predicted molar refractivity (Wildman–Crippen MR) is 78.9 cm³/mol. The molecule has 0 atom stereocenters. The van der Waals surface area contributed by atoms with Crippen LogP contribution < -0.4 is 15.0 Å². The van der Waals surface area contributed by atoms with Crippen LogP contribution >= 0.6 is 0 Å². The Hall–Kier alpha value is -2.24. The van der Waals surface area contributed by atoms with Gasteiger partial charge in [-0.2, -0.15) is 0 Å². The Morgan fingerprint density at radius 3 is 2.67 bits per heavy atom. The third-order valence-electron chi connectivity index (χ3n) is 2.93. The summed E-state index contributed by atoms with van der Waals surface area (Å²) in [6.45, 7) is 6.22. The highest BCUT2D eigenvalue weighted by atomic mass is 16.6. The lowest BCUT2D eigenvalue weighted by atomic mass is 10.1. The minimum absolute atomic E-state index is 0.215. The van der Waals surface area contributed by atoms with Gasteiger partial charge in [-0.1, -0.05) is 0 Å². The molecule has 1 N–H and O–H groups in total. The Labute approximate surface area is 124 Å². The van der Waals surface area contributed by atoms with Crippen molar-refractivity contribution in [3.05, 3.63) is 23.8 Å². The van der Waals surface area contributed by atoms with E-state index < -0.39 is 11.7 Å². The summed E-state index contributed by atoms with van der Waals surface area (Å²) in [7, 11) is 1.56. The van der Waals surface area contributed by atoms with E-state index in [4.69, 9.17) is 9.47 Å². The van der Waals surface area contributed by atoms with Crippen LogP contribution in [-0.2, 0) is 4.74 Å². The summed E-state index contributed by atoms with van der Waals surface area (Å²) in [6.07, 6.45) is -0.443. The molecule has 0 aliphatic carbocycles. The Morgan fingerprint density at radius 2 is 2.05 bits per heavy atom. The monoisotopic (exact) mass is 292 g/mol. The van der Waals surface area contributed by atoms with E-state index in [-0.39, 0.29) is 5.91 Å². The molecule has 6 nitrogen and oxygen atoms in total. The highest BCUT2D eigenvalue weighted by molar-refractivity contribution is 5.98. The number of hydrogen-bond acceptors (Lipinski definition) is 4. The van der Waals surface area contributed by atoms with Gasteiger partial charge >= 0.3 is 6.09 Å². The van der Waals surface area contributed by atoms with Crippen LogP contribution in [0.1, 0.15) is 31.1 Å². The average Bonchev–Trinajstić information content (AvgIpc) is 2.43. The van der Waals surface area contributed by atoms with Crippen LogP contribution in [0.4, 0.5) is 10.5 Å². The van der Waals surface area contributed by atoms with E-state index in [1.807, 2.05) is 20.8 Å². The van der Waals surface area contributed by atoms with Gasteiger partial charge < -0.3 is 14.8 Å². The molecule has 0 radical (unpaired) electrons. The third-order valence-corrected chi connectivity index (χ3v) is 2.93. The van der Waals surface area contributed by atoms with Crippen LogP contribution in [0.15, 0.2) is 18.2 Å². The number of carbonyl (C=O) groups excluding carboxylic acids is 2. The molecule has 2 amide bonds. The molecule has 114 valence electrons. The maximum absolute atomic E-state index is 12.3. The van der Waals surface area contributed by atoms with Gasteiger partial charge in [0.1, 0.15) is 18.0 Å². The Bertz CT molecular complexity index is 563. The number of hydrogen-bond donors (Lipinski definition) is 1. The van der Waals surface area contributed by atoms with Gasteiger partial charge in [0.25, 0.3) is 5.91 Å². The summed E-state index contributed by atoms with van der Waals surface area (Å²) in [6, 6.07) is 4.99. The molecule has 1 aliphatic rings. The van der Waals surface area contributed by atoms with E-state index in [1.54, 1.807) is 25.2 Å². The smallest absolute Gasteiger partial charge is 0.415 e. The van der Waals surface area contributed by atoms with Gasteiger partial charge in [-0.3, -0.25) is 9.69 Å². The van der Waals surface area contributed by atoms with Crippen molar-refractivity contribution in [3.63, 3.8) is 0 Å². The summed E-state index contributed by atoms with van der Waals surface area (Å²) >= 11 is 0. The zero-order valence-electron chi connectivity index (χ0n) is 12.7. The van der Waals surface area contributed by atoms with Crippen molar-refractivity contribution in [3.8, 4) is 5.75 Å². The molecule has 0 saturated heterocycles. The van der Waals surface area contributed by atoms with Gasteiger partial charge in [0.15, 0.2) is 0 Å². The van der Waals surface area contributed by atoms with Gasteiger partial charge in [-0.25, -0.2) is 4.79 Å². The summed E-state index contributed by atoms with van der Waals surface area (Å²) in [5, 5.41) is 2.56. The SMILES string of the molecule is CNC(=O)c1ccc2c(c1)N(C(=O)OC(C)(C)C)CCO2. The molecule has 0 unspecified atom stereocenters. The lowest BCUT2D eigenvalue weighted by Crippen LogP contribution is -2.41. The van der Waals surface area contributed by atoms with Crippen molar-refractivity contribution in [2.45, 2.75) is 26.4 Å². The molecule has 0 spiro atoms. The summed E-state index contributed by atoms with van der Waals surface area (Å²) < 4.78 is 10.9. The molecule has 0 saturated carbocycles. The normalized spacial score (nSPS) is 14.0. The minimum Gasteiger partial charge on any atom is -0.490 e. The highest BCUT2D eigenvalue weighted by Crippen LogP contribution is 2.33. The quantitative estimate of drug-likeness (QED) is 0.861. The Morgan fingerprint density at radius 1 is 1.33 bits per heavy atom. The molecular formula is C15H20N2O4. The molecule has 6 heteroatoms. The number of ether oxygens (including phenoxy) is 2. The van der Waals surface area contributed by atoms with Gasteiger partial charge in [0, 0.05) is 12.6 Å². The van der Waals surface area contributed by atoms with E-state index >= 15 is 0 Å². The third kappa shape index (κ3) is 3.45. The van der Waals surface area contributed by atoms with Crippen molar-refractivity contribution in [1.82, 2.24) is 5.32 Å². The van der Waals surface area contributed by atoms with Crippen LogP contribution in [0, 0.1) is 0 Å². The lowest BCUT2D eigenvalue weighted by molar-refractivity contribution is 0.0567. The average molecular weight is 292 g/mol. The number of carbonyl (C=O) groups is 2. The van der Waals surface area contributed by atoms with E-state index in [0.29, 0.717) is 30.2 Å². The van der Waals surface area contributed by atoms with Gasteiger partial charge in [-0.05, 0) is 39.0 Å². The van der Waals surface area contributed by atoms with E-state index in [2.05, 4.69) is 5.32 Å². The first-order valence-corrected chi connectivity index (χ1v) is 6.81. The fourth-order valence-electron chi connectivity index (χ4n) is 2.01. The second-order valence-corrected chi connectivity index (χ2v) is 5.74. The summed E-state index contributed by atoms with van der Waals surface area (Å²) in [4.78, 5) is 25.5. The molecule has 21 heavy (non-hydrogen) atoms. The maximum atomic E-state index is 12.3. The molecule has 1 aliphatic heterocycles. The van der Waals surface area contributed by atoms with Gasteiger partial charge in [0.05, 0.1) is 12.2 Å². The van der Waals surface area contributed by atoms with Crippen molar-refractivity contribution in [1.29, 1.82) is 0 Å². The number of nitrogens with zero attached hydrogens (tertiary/aromatic N) is 1. The standard InChI is InChI=1S/C15H20N2O4/c1-15(2,3)21-14(19)17-7-8-20-12-6-5-10(9-11(12)17)13(18)16-4/h5-6,9H,7-8H2,1-4H3,(H,16,18). The van der Waals surface area contributed by atoms with Gasteiger partial charge in [0.2, 0.25) is 0 Å². The minimum atomic E-state index is -0.575. The van der Waals surface area contributed by atoms with E-state index in [9.17, 15) is 9.59 Å². The fraction of sp³-hybridized carbons (Fsp3) is 0.467. The zero-order chi connectivity index (χ0) is 15.6. The molecule has 1 heterocycles. The molecular weight excluding hydrogens is 272 g/mol. The van der Waals surface area contributed by atoms with Crippen LogP contribution in [0.2, 0.25) is 0 Å². The molecule has 0 fully saturated rings. The first kappa shape index (κ1) is 15.2. The van der Waals surface area contributed by atoms with Crippen LogP contribution in [0.3, 0.4) is 0 Å². The molecule has 0 bridgehead atoms. The summed E-state index contributed by atoms with van der Waals surface area (Å²) in [5.74, 6) is 0.354. The van der Waals surface area contributed by atoms with Crippen LogP contribution in [0.25, 0.3) is 0 Å². The van der Waals surface area contributed by atoms with Crippen molar-refractivity contribution in [2.75, 3.05) is 25.1 Å². The molecule has 1 aromatic rings. The maximum Gasteiger partial charge on any atom is 0.415 e. The van der Waals surface area contributed by atoms with E-state index in [0.717, 1.165) is 0 Å². The number of benzene rings is 1. The fourth-order valence-corrected chi connectivity index (χ4v) is 2.01. The first-order chi connectivity index (χ1) is 9.81. The topological polar surface area (TPSA) is 67.9 Å². The van der Waals surface area contributed by atoms with Crippen LogP contribution in [0.5, 0.6) is 5.75 Å². The van der Waals surface area contributed by atoms with Crippen molar-refractivity contribution >= 4 is 17.7 Å². The highest BCUT2D eigenvalue weighted by Gasteiger charge is 2.28. The molecule has 2 rings (SSSR count). The van der Waals surface area contributed by atoms with Crippen LogP contribution in [-0.4, -0.2) is 37.8 Å². The second-order valence-electron chi connectivity index (χ2n) is 5.74. The lowest BCUT2D eigenvalue weighted by Gasteiger charge is -2.31. The van der Waals surface area contributed by atoms with E-state index in [1.165, 1.54) is 4.90 Å². The van der Waals surface area contributed by atoms with Crippen molar-refractivity contribution < 1.29 is 19.1 Å². The number of anilines is 1. The Balaban J connectivity index is 2.33. The number of fused-ring (bicyclic) bond motifs is 1. The predicted octanol–water partition coefficient (Wildman–Crippen LogP) is 2.18. The first-order valence-electron chi connectivity index (χ1n) is 6.81. The number of amides is 2. The second kappa shape index (κ2) is 5.63. The summed E-state index contributed by atoms with van der Waals surface area (Å²) in [5.41, 5.74) is 0.445. The van der Waals surface area contributed by atoms with Gasteiger partial charge in [-0.15, -0.1) is 0 Å². The molecule has 0 aromatic heterocycles. The molecule has 1 aromatic carbocycles.